The van der Waals surface area contributed by atoms with Crippen LogP contribution in [0.4, 0.5) is 0 Å². The number of carbonyl (C=O) groups excluding carboxylic acids is 1. The van der Waals surface area contributed by atoms with Gasteiger partial charge in [-0.05, 0) is 25.1 Å². The van der Waals surface area contributed by atoms with Crippen LogP contribution in [0, 0.1) is 0 Å². The van der Waals surface area contributed by atoms with Crippen LogP contribution in [-0.4, -0.2) is 27.3 Å². The summed E-state index contributed by atoms with van der Waals surface area (Å²) < 4.78 is 6.65. The van der Waals surface area contributed by atoms with Gasteiger partial charge < -0.3 is 4.74 Å². The van der Waals surface area contributed by atoms with Crippen molar-refractivity contribution in [3.63, 3.8) is 0 Å². The number of ether oxygens (including phenoxy) is 1. The molecule has 0 aliphatic rings. The monoisotopic (exact) mass is 231 g/mol. The first-order valence-electron chi connectivity index (χ1n) is 5.34. The van der Waals surface area contributed by atoms with Crippen molar-refractivity contribution in [2.75, 3.05) is 6.61 Å². The van der Waals surface area contributed by atoms with E-state index < -0.39 is 0 Å². The summed E-state index contributed by atoms with van der Waals surface area (Å²) in [7, 11) is 1.82. The van der Waals surface area contributed by atoms with E-state index in [4.69, 9.17) is 4.74 Å². The number of rotatable bonds is 3. The minimum Gasteiger partial charge on any atom is -0.462 e. The molecule has 0 fully saturated rings. The van der Waals surface area contributed by atoms with Gasteiger partial charge in [-0.3, -0.25) is 9.67 Å². The van der Waals surface area contributed by atoms with Crippen molar-refractivity contribution in [2.45, 2.75) is 6.92 Å². The molecule has 2 heterocycles. The molecule has 0 aliphatic heterocycles. The highest BCUT2D eigenvalue weighted by atomic mass is 16.5. The molecule has 0 unspecified atom stereocenters. The molecule has 0 atom stereocenters. The molecular weight excluding hydrogens is 218 g/mol. The molecular formula is C12H13N3O2. The summed E-state index contributed by atoms with van der Waals surface area (Å²) in [5.74, 6) is -0.374. The fourth-order valence-corrected chi connectivity index (χ4v) is 1.52. The van der Waals surface area contributed by atoms with E-state index in [1.807, 2.05) is 13.1 Å². The lowest BCUT2D eigenvalue weighted by Crippen LogP contribution is -2.07. The Hall–Kier alpha value is -2.17. The van der Waals surface area contributed by atoms with Crippen molar-refractivity contribution in [2.24, 2.45) is 7.05 Å². The third-order valence-electron chi connectivity index (χ3n) is 2.26. The van der Waals surface area contributed by atoms with Crippen LogP contribution in [0.2, 0.25) is 0 Å². The molecule has 0 aliphatic carbocycles. The van der Waals surface area contributed by atoms with E-state index in [0.717, 1.165) is 0 Å². The van der Waals surface area contributed by atoms with Crippen molar-refractivity contribution < 1.29 is 9.53 Å². The molecule has 0 radical (unpaired) electrons. The first-order valence-corrected chi connectivity index (χ1v) is 5.34. The van der Waals surface area contributed by atoms with E-state index in [9.17, 15) is 4.79 Å². The molecule has 88 valence electrons. The van der Waals surface area contributed by atoms with E-state index in [2.05, 4.69) is 10.1 Å². The summed E-state index contributed by atoms with van der Waals surface area (Å²) in [5.41, 5.74) is 1.65. The Morgan fingerprint density at radius 2 is 2.29 bits per heavy atom. The number of hydrogen-bond donors (Lipinski definition) is 0. The Morgan fingerprint density at radius 3 is 2.94 bits per heavy atom. The normalized spacial score (nSPS) is 10.2. The zero-order valence-electron chi connectivity index (χ0n) is 9.75. The number of carbonyl (C=O) groups is 1. The molecule has 2 rings (SSSR count). The van der Waals surface area contributed by atoms with E-state index >= 15 is 0 Å². The summed E-state index contributed by atoms with van der Waals surface area (Å²) >= 11 is 0. The largest absolute Gasteiger partial charge is 0.462 e. The molecule has 0 amide bonds. The SMILES string of the molecule is CCOC(=O)c1cccnc1-c1ccn(C)n1. The number of nitrogens with zero attached hydrogens (tertiary/aromatic N) is 3. The molecule has 5 nitrogen and oxygen atoms in total. The lowest BCUT2D eigenvalue weighted by atomic mass is 10.1. The van der Waals surface area contributed by atoms with Crippen molar-refractivity contribution in [1.82, 2.24) is 14.8 Å². The number of esters is 1. The average molecular weight is 231 g/mol. The number of pyridine rings is 1. The molecule has 0 N–H and O–H groups in total. The van der Waals surface area contributed by atoms with E-state index in [1.165, 1.54) is 0 Å². The maximum Gasteiger partial charge on any atom is 0.340 e. The fourth-order valence-electron chi connectivity index (χ4n) is 1.52. The van der Waals surface area contributed by atoms with Gasteiger partial charge in [0.05, 0.1) is 12.2 Å². The van der Waals surface area contributed by atoms with Gasteiger partial charge in [-0.25, -0.2) is 4.79 Å². The van der Waals surface area contributed by atoms with Gasteiger partial charge in [0.2, 0.25) is 0 Å². The Balaban J connectivity index is 2.44. The van der Waals surface area contributed by atoms with Gasteiger partial charge in [-0.1, -0.05) is 0 Å². The fraction of sp³-hybridized carbons (Fsp3) is 0.250. The molecule has 17 heavy (non-hydrogen) atoms. The minimum atomic E-state index is -0.374. The second kappa shape index (κ2) is 4.78. The smallest absolute Gasteiger partial charge is 0.340 e. The third kappa shape index (κ3) is 2.33. The molecule has 0 spiro atoms. The lowest BCUT2D eigenvalue weighted by Gasteiger charge is -2.05. The standard InChI is InChI=1S/C12H13N3O2/c1-3-17-12(16)9-5-4-7-13-11(9)10-6-8-15(2)14-10/h4-8H,3H2,1-2H3. The Kier molecular flexibility index (Phi) is 3.18. The maximum atomic E-state index is 11.7. The van der Waals surface area contributed by atoms with Crippen LogP contribution in [0.1, 0.15) is 17.3 Å². The highest BCUT2D eigenvalue weighted by molar-refractivity contribution is 5.95. The van der Waals surface area contributed by atoms with Crippen LogP contribution in [0.25, 0.3) is 11.4 Å². The van der Waals surface area contributed by atoms with Gasteiger partial charge in [0.1, 0.15) is 11.4 Å². The van der Waals surface area contributed by atoms with Gasteiger partial charge in [0, 0.05) is 19.4 Å². The summed E-state index contributed by atoms with van der Waals surface area (Å²) in [6, 6.07) is 5.21. The van der Waals surface area contributed by atoms with Crippen LogP contribution >= 0.6 is 0 Å². The Morgan fingerprint density at radius 1 is 1.47 bits per heavy atom. The molecule has 0 bridgehead atoms. The predicted octanol–water partition coefficient (Wildman–Crippen LogP) is 1.66. The second-order valence-electron chi connectivity index (χ2n) is 3.49. The van der Waals surface area contributed by atoms with Crippen LogP contribution in [-0.2, 0) is 11.8 Å². The summed E-state index contributed by atoms with van der Waals surface area (Å²) in [5, 5.41) is 4.23. The molecule has 0 aromatic carbocycles. The van der Waals surface area contributed by atoms with E-state index in [0.29, 0.717) is 23.6 Å². The molecule has 2 aromatic heterocycles. The average Bonchev–Trinajstić information content (AvgIpc) is 2.76. The Labute approximate surface area is 99.1 Å². The van der Waals surface area contributed by atoms with Crippen molar-refractivity contribution in [3.05, 3.63) is 36.2 Å². The molecule has 0 saturated heterocycles. The van der Waals surface area contributed by atoms with Gasteiger partial charge in [0.25, 0.3) is 0 Å². The number of aryl methyl sites for hydroxylation is 1. The van der Waals surface area contributed by atoms with Crippen LogP contribution in [0.5, 0.6) is 0 Å². The number of hydrogen-bond acceptors (Lipinski definition) is 4. The van der Waals surface area contributed by atoms with Crippen molar-refractivity contribution >= 4 is 5.97 Å². The van der Waals surface area contributed by atoms with Crippen molar-refractivity contribution in [1.29, 1.82) is 0 Å². The second-order valence-corrected chi connectivity index (χ2v) is 3.49. The van der Waals surface area contributed by atoms with Gasteiger partial charge in [-0.2, -0.15) is 5.10 Å². The topological polar surface area (TPSA) is 57.0 Å². The maximum absolute atomic E-state index is 11.7. The van der Waals surface area contributed by atoms with Gasteiger partial charge >= 0.3 is 5.97 Å². The van der Waals surface area contributed by atoms with Crippen molar-refractivity contribution in [3.8, 4) is 11.4 Å². The molecule has 2 aromatic rings. The van der Waals surface area contributed by atoms with Gasteiger partial charge in [0.15, 0.2) is 0 Å². The van der Waals surface area contributed by atoms with Crippen LogP contribution < -0.4 is 0 Å². The van der Waals surface area contributed by atoms with Crippen LogP contribution in [0.3, 0.4) is 0 Å². The van der Waals surface area contributed by atoms with Gasteiger partial charge in [-0.15, -0.1) is 0 Å². The summed E-state index contributed by atoms with van der Waals surface area (Å²) in [6.07, 6.45) is 3.44. The van der Waals surface area contributed by atoms with E-state index in [1.54, 1.807) is 36.1 Å². The predicted molar refractivity (Wildman–Crippen MR) is 62.4 cm³/mol. The summed E-state index contributed by atoms with van der Waals surface area (Å²) in [6.45, 7) is 2.12. The zero-order chi connectivity index (χ0) is 12.3. The number of aromatic nitrogens is 3. The Bertz CT molecular complexity index is 534. The zero-order valence-corrected chi connectivity index (χ0v) is 9.75. The van der Waals surface area contributed by atoms with E-state index in [-0.39, 0.29) is 5.97 Å². The quantitative estimate of drug-likeness (QED) is 0.754. The highest BCUT2D eigenvalue weighted by Crippen LogP contribution is 2.19. The van der Waals surface area contributed by atoms with Crippen LogP contribution in [0.15, 0.2) is 30.6 Å². The highest BCUT2D eigenvalue weighted by Gasteiger charge is 2.16. The first-order chi connectivity index (χ1) is 8.22. The molecule has 5 heteroatoms. The minimum absolute atomic E-state index is 0.343. The summed E-state index contributed by atoms with van der Waals surface area (Å²) in [4.78, 5) is 15.9. The first kappa shape index (κ1) is 11.3. The molecule has 0 saturated carbocycles. The lowest BCUT2D eigenvalue weighted by molar-refractivity contribution is 0.0527. The third-order valence-corrected chi connectivity index (χ3v) is 2.26.